The monoisotopic (exact) mass is 322 g/mol. The third kappa shape index (κ3) is 3.33. The van der Waals surface area contributed by atoms with E-state index in [1.165, 1.54) is 6.07 Å². The van der Waals surface area contributed by atoms with Crippen LogP contribution >= 0.6 is 11.6 Å². The van der Waals surface area contributed by atoms with Crippen molar-refractivity contribution >= 4 is 11.6 Å². The fraction of sp³-hybridized carbons (Fsp3) is 0.143. The summed E-state index contributed by atoms with van der Waals surface area (Å²) in [7, 11) is 0. The molecule has 1 nitrogen and oxygen atoms in total. The molecule has 0 heterocycles. The first kappa shape index (κ1) is 15.7. The summed E-state index contributed by atoms with van der Waals surface area (Å²) in [6, 6.07) is 5.41. The molecule has 2 aromatic rings. The molecule has 1 unspecified atom stereocenters. The van der Waals surface area contributed by atoms with Crippen LogP contribution in [0.1, 0.15) is 22.8 Å². The zero-order valence-electron chi connectivity index (χ0n) is 10.3. The van der Waals surface area contributed by atoms with Crippen molar-refractivity contribution in [1.82, 2.24) is 0 Å². The van der Waals surface area contributed by atoms with Gasteiger partial charge in [0.25, 0.3) is 0 Å². The van der Waals surface area contributed by atoms with E-state index in [2.05, 4.69) is 0 Å². The summed E-state index contributed by atoms with van der Waals surface area (Å²) in [5.74, 6) is -2.20. The topological polar surface area (TPSA) is 20.2 Å². The summed E-state index contributed by atoms with van der Waals surface area (Å²) >= 11 is 5.55. The van der Waals surface area contributed by atoms with Crippen molar-refractivity contribution < 1.29 is 27.1 Å². The van der Waals surface area contributed by atoms with Gasteiger partial charge in [0.2, 0.25) is 0 Å². The van der Waals surface area contributed by atoms with Gasteiger partial charge in [0.1, 0.15) is 17.7 Å². The van der Waals surface area contributed by atoms with E-state index in [1.807, 2.05) is 0 Å². The SMILES string of the molecule is OC(c1ccc(C(F)(F)F)c(F)c1)c1ccc(F)c(Cl)c1. The van der Waals surface area contributed by atoms with Gasteiger partial charge in [0.05, 0.1) is 10.6 Å². The Morgan fingerprint density at radius 2 is 1.48 bits per heavy atom. The maximum Gasteiger partial charge on any atom is 0.419 e. The van der Waals surface area contributed by atoms with Crippen molar-refractivity contribution in [1.29, 1.82) is 0 Å². The Kier molecular flexibility index (Phi) is 4.20. The van der Waals surface area contributed by atoms with Crippen molar-refractivity contribution in [2.45, 2.75) is 12.3 Å². The van der Waals surface area contributed by atoms with Crippen molar-refractivity contribution in [2.75, 3.05) is 0 Å². The van der Waals surface area contributed by atoms with Gasteiger partial charge in [-0.15, -0.1) is 0 Å². The number of alkyl halides is 3. The summed E-state index contributed by atoms with van der Waals surface area (Å²) in [5.41, 5.74) is -1.38. The number of benzene rings is 2. The maximum absolute atomic E-state index is 13.4. The number of rotatable bonds is 2. The first-order chi connectivity index (χ1) is 9.70. The van der Waals surface area contributed by atoms with Gasteiger partial charge >= 0.3 is 6.18 Å². The molecule has 0 aliphatic carbocycles. The van der Waals surface area contributed by atoms with Crippen LogP contribution in [0.15, 0.2) is 36.4 Å². The Morgan fingerprint density at radius 3 is 2.00 bits per heavy atom. The van der Waals surface area contributed by atoms with Crippen molar-refractivity contribution in [3.05, 3.63) is 69.7 Å². The van der Waals surface area contributed by atoms with Crippen LogP contribution in [-0.2, 0) is 6.18 Å². The Bertz CT molecular complexity index is 669. The summed E-state index contributed by atoms with van der Waals surface area (Å²) in [6.45, 7) is 0. The van der Waals surface area contributed by atoms with E-state index in [9.17, 15) is 27.1 Å². The van der Waals surface area contributed by atoms with Gasteiger partial charge in [-0.3, -0.25) is 0 Å². The molecule has 0 aromatic heterocycles. The van der Waals surface area contributed by atoms with E-state index >= 15 is 0 Å². The van der Waals surface area contributed by atoms with E-state index in [-0.39, 0.29) is 16.1 Å². The van der Waals surface area contributed by atoms with Crippen molar-refractivity contribution in [3.63, 3.8) is 0 Å². The standard InChI is InChI=1S/C14H8ClF5O/c15-10-5-7(2-4-11(10)16)13(21)8-1-3-9(12(17)6-8)14(18,19)20/h1-6,13,21H. The molecule has 0 aliphatic heterocycles. The van der Waals surface area contributed by atoms with Crippen LogP contribution in [0.2, 0.25) is 5.02 Å². The second kappa shape index (κ2) is 5.61. The van der Waals surface area contributed by atoms with Crippen LogP contribution in [0.25, 0.3) is 0 Å². The van der Waals surface area contributed by atoms with Gasteiger partial charge in [-0.2, -0.15) is 13.2 Å². The van der Waals surface area contributed by atoms with Gasteiger partial charge in [-0.1, -0.05) is 23.7 Å². The molecule has 0 saturated carbocycles. The molecule has 112 valence electrons. The first-order valence-electron chi connectivity index (χ1n) is 5.70. The lowest BCUT2D eigenvalue weighted by molar-refractivity contribution is -0.140. The highest BCUT2D eigenvalue weighted by Gasteiger charge is 2.34. The molecule has 21 heavy (non-hydrogen) atoms. The lowest BCUT2D eigenvalue weighted by Crippen LogP contribution is -2.09. The average molecular weight is 323 g/mol. The maximum atomic E-state index is 13.4. The van der Waals surface area contributed by atoms with Gasteiger partial charge in [-0.05, 0) is 35.4 Å². The third-order valence-electron chi connectivity index (χ3n) is 2.87. The molecule has 0 amide bonds. The van der Waals surface area contributed by atoms with Crippen LogP contribution < -0.4 is 0 Å². The van der Waals surface area contributed by atoms with E-state index in [0.717, 1.165) is 18.2 Å². The number of hydrogen-bond donors (Lipinski definition) is 1. The highest BCUT2D eigenvalue weighted by molar-refractivity contribution is 6.30. The lowest BCUT2D eigenvalue weighted by atomic mass is 10.00. The Balaban J connectivity index is 2.38. The van der Waals surface area contributed by atoms with E-state index < -0.39 is 29.5 Å². The Hall–Kier alpha value is -1.66. The average Bonchev–Trinajstić information content (AvgIpc) is 2.39. The van der Waals surface area contributed by atoms with E-state index in [4.69, 9.17) is 11.6 Å². The molecular formula is C14H8ClF5O. The molecule has 0 fully saturated rings. The zero-order valence-corrected chi connectivity index (χ0v) is 11.0. The van der Waals surface area contributed by atoms with Crippen molar-refractivity contribution in [2.24, 2.45) is 0 Å². The Labute approximate surface area is 121 Å². The second-order valence-electron chi connectivity index (χ2n) is 4.31. The van der Waals surface area contributed by atoms with Crippen molar-refractivity contribution in [3.8, 4) is 0 Å². The molecule has 2 aromatic carbocycles. The molecule has 0 bridgehead atoms. The van der Waals surface area contributed by atoms with Gasteiger partial charge in [-0.25, -0.2) is 8.78 Å². The summed E-state index contributed by atoms with van der Waals surface area (Å²) < 4.78 is 63.8. The zero-order chi connectivity index (χ0) is 15.8. The number of aliphatic hydroxyl groups is 1. The molecule has 0 spiro atoms. The second-order valence-corrected chi connectivity index (χ2v) is 4.72. The minimum atomic E-state index is -4.81. The Morgan fingerprint density at radius 1 is 0.905 bits per heavy atom. The van der Waals surface area contributed by atoms with E-state index in [1.54, 1.807) is 0 Å². The quantitative estimate of drug-likeness (QED) is 0.793. The van der Waals surface area contributed by atoms with Crippen LogP contribution in [-0.4, -0.2) is 5.11 Å². The molecule has 0 saturated heterocycles. The first-order valence-corrected chi connectivity index (χ1v) is 6.07. The third-order valence-corrected chi connectivity index (χ3v) is 3.16. The van der Waals surface area contributed by atoms with Crippen LogP contribution in [0, 0.1) is 11.6 Å². The fourth-order valence-corrected chi connectivity index (χ4v) is 2.00. The molecule has 0 radical (unpaired) electrons. The minimum absolute atomic E-state index is 0.0943. The normalized spacial score (nSPS) is 13.3. The molecule has 1 atom stereocenters. The lowest BCUT2D eigenvalue weighted by Gasteiger charge is -2.14. The van der Waals surface area contributed by atoms with Gasteiger partial charge in [0.15, 0.2) is 0 Å². The smallest absolute Gasteiger partial charge is 0.384 e. The van der Waals surface area contributed by atoms with Crippen LogP contribution in [0.4, 0.5) is 22.0 Å². The predicted octanol–water partition coefficient (Wildman–Crippen LogP) is 4.72. The molecule has 1 N–H and O–H groups in total. The highest BCUT2D eigenvalue weighted by atomic mass is 35.5. The number of hydrogen-bond acceptors (Lipinski definition) is 1. The van der Waals surface area contributed by atoms with Gasteiger partial charge in [0, 0.05) is 0 Å². The highest BCUT2D eigenvalue weighted by Crippen LogP contribution is 2.33. The molecule has 0 aliphatic rings. The van der Waals surface area contributed by atoms with Gasteiger partial charge < -0.3 is 5.11 Å². The molecule has 2 rings (SSSR count). The van der Waals surface area contributed by atoms with E-state index in [0.29, 0.717) is 12.1 Å². The van der Waals surface area contributed by atoms with Crippen LogP contribution in [0.5, 0.6) is 0 Å². The fourth-order valence-electron chi connectivity index (χ4n) is 1.81. The summed E-state index contributed by atoms with van der Waals surface area (Å²) in [6.07, 6.45) is -6.23. The minimum Gasteiger partial charge on any atom is -0.384 e. The van der Waals surface area contributed by atoms with Crippen LogP contribution in [0.3, 0.4) is 0 Å². The number of halogens is 6. The summed E-state index contributed by atoms with van der Waals surface area (Å²) in [4.78, 5) is 0. The molecular weight excluding hydrogens is 315 g/mol. The largest absolute Gasteiger partial charge is 0.419 e. The summed E-state index contributed by atoms with van der Waals surface area (Å²) in [5, 5.41) is 9.75. The molecule has 7 heteroatoms. The predicted molar refractivity (Wildman–Crippen MR) is 66.9 cm³/mol. The number of aliphatic hydroxyl groups excluding tert-OH is 1.